The lowest BCUT2D eigenvalue weighted by molar-refractivity contribution is -0.133. The van der Waals surface area contributed by atoms with Gasteiger partial charge in [0.05, 0.1) is 6.42 Å². The van der Waals surface area contributed by atoms with Gasteiger partial charge >= 0.3 is 6.18 Å². The maximum atomic E-state index is 11.9. The normalized spacial score (nSPS) is 19.4. The second kappa shape index (κ2) is 5.31. The van der Waals surface area contributed by atoms with Gasteiger partial charge in [-0.1, -0.05) is 18.2 Å². The van der Waals surface area contributed by atoms with E-state index in [0.717, 1.165) is 6.42 Å². The predicted octanol–water partition coefficient (Wildman–Crippen LogP) is 3.25. The van der Waals surface area contributed by atoms with E-state index in [2.05, 4.69) is 17.4 Å². The molecule has 0 radical (unpaired) electrons. The van der Waals surface area contributed by atoms with Crippen LogP contribution in [0.25, 0.3) is 0 Å². The molecule has 0 spiro atoms. The molecule has 1 unspecified atom stereocenters. The van der Waals surface area contributed by atoms with Crippen molar-refractivity contribution in [3.8, 4) is 0 Å². The third kappa shape index (κ3) is 3.92. The number of hydrogen-bond donors (Lipinski definition) is 1. The highest BCUT2D eigenvalue weighted by atomic mass is 32.2. The highest BCUT2D eigenvalue weighted by Crippen LogP contribution is 2.36. The molecule has 5 heteroatoms. The zero-order valence-electron chi connectivity index (χ0n) is 9.26. The maximum Gasteiger partial charge on any atom is 0.390 e. The molecule has 1 nitrogen and oxygen atoms in total. The fraction of sp³-hybridized carbons (Fsp3) is 0.500. The molecule has 1 aromatic carbocycles. The van der Waals surface area contributed by atoms with Gasteiger partial charge < -0.3 is 5.32 Å². The monoisotopic (exact) mass is 261 g/mol. The minimum atomic E-state index is -4.06. The van der Waals surface area contributed by atoms with Gasteiger partial charge in [-0.15, -0.1) is 11.8 Å². The van der Waals surface area contributed by atoms with Gasteiger partial charge in [0, 0.05) is 23.2 Å². The number of thioether (sulfide) groups is 1. The Morgan fingerprint density at radius 1 is 1.29 bits per heavy atom. The first-order valence-electron chi connectivity index (χ1n) is 5.56. The fourth-order valence-electron chi connectivity index (χ4n) is 1.86. The third-order valence-electron chi connectivity index (χ3n) is 2.67. The molecule has 1 aliphatic rings. The Morgan fingerprint density at radius 3 is 2.76 bits per heavy atom. The molecule has 2 rings (SSSR count). The Morgan fingerprint density at radius 2 is 2.06 bits per heavy atom. The Kier molecular flexibility index (Phi) is 3.99. The minimum Gasteiger partial charge on any atom is -0.315 e. The smallest absolute Gasteiger partial charge is 0.315 e. The van der Waals surface area contributed by atoms with E-state index >= 15 is 0 Å². The van der Waals surface area contributed by atoms with Crippen molar-refractivity contribution in [2.45, 2.75) is 29.2 Å². The van der Waals surface area contributed by atoms with Crippen LogP contribution < -0.4 is 5.32 Å². The summed E-state index contributed by atoms with van der Waals surface area (Å²) in [6.45, 7) is 0.645. The van der Waals surface area contributed by atoms with E-state index in [1.54, 1.807) is 11.8 Å². The lowest BCUT2D eigenvalue weighted by Crippen LogP contribution is -2.28. The highest BCUT2D eigenvalue weighted by molar-refractivity contribution is 8.00. The summed E-state index contributed by atoms with van der Waals surface area (Å²) in [6.07, 6.45) is -3.87. The van der Waals surface area contributed by atoms with Crippen LogP contribution in [0.15, 0.2) is 29.2 Å². The van der Waals surface area contributed by atoms with Crippen molar-refractivity contribution in [3.63, 3.8) is 0 Å². The van der Waals surface area contributed by atoms with E-state index < -0.39 is 12.6 Å². The van der Waals surface area contributed by atoms with Gasteiger partial charge in [0.2, 0.25) is 0 Å². The van der Waals surface area contributed by atoms with Crippen LogP contribution in [0.4, 0.5) is 13.2 Å². The standard InChI is InChI=1S/C12H14F3NS/c13-12(14,15)5-6-16-8-10-7-9-3-1-2-4-11(9)17-10/h1-4,10,16H,5-8H2. The molecule has 1 aromatic rings. The number of halogens is 3. The molecule has 1 atom stereocenters. The van der Waals surface area contributed by atoms with Crippen molar-refractivity contribution in [2.24, 2.45) is 0 Å². The number of hydrogen-bond acceptors (Lipinski definition) is 2. The molecule has 0 aliphatic carbocycles. The number of benzene rings is 1. The van der Waals surface area contributed by atoms with Gasteiger partial charge in [0.15, 0.2) is 0 Å². The van der Waals surface area contributed by atoms with Crippen LogP contribution in [0.5, 0.6) is 0 Å². The lowest BCUT2D eigenvalue weighted by Gasteiger charge is -2.11. The summed E-state index contributed by atoms with van der Waals surface area (Å²) in [4.78, 5) is 1.26. The Bertz CT molecular complexity index is 353. The Labute approximate surface area is 103 Å². The second-order valence-corrected chi connectivity index (χ2v) is 5.46. The first kappa shape index (κ1) is 12.8. The van der Waals surface area contributed by atoms with Crippen LogP contribution in [0.1, 0.15) is 12.0 Å². The summed E-state index contributed by atoms with van der Waals surface area (Å²) in [6, 6.07) is 8.14. The van der Waals surface area contributed by atoms with E-state index in [-0.39, 0.29) is 6.54 Å². The number of nitrogens with one attached hydrogen (secondary N) is 1. The molecular formula is C12H14F3NS. The third-order valence-corrected chi connectivity index (χ3v) is 3.99. The molecule has 1 N–H and O–H groups in total. The molecule has 94 valence electrons. The van der Waals surface area contributed by atoms with Gasteiger partial charge in [-0.3, -0.25) is 0 Å². The fourth-order valence-corrected chi connectivity index (χ4v) is 3.14. The van der Waals surface area contributed by atoms with Crippen molar-refractivity contribution in [1.82, 2.24) is 5.32 Å². The summed E-state index contributed by atoms with van der Waals surface area (Å²) in [7, 11) is 0. The van der Waals surface area contributed by atoms with E-state index in [4.69, 9.17) is 0 Å². The minimum absolute atomic E-state index is 0.0108. The average Bonchev–Trinajstić information content (AvgIpc) is 2.65. The molecule has 1 aliphatic heterocycles. The molecule has 17 heavy (non-hydrogen) atoms. The molecule has 0 saturated heterocycles. The maximum absolute atomic E-state index is 11.9. The number of rotatable bonds is 4. The quantitative estimate of drug-likeness (QED) is 0.835. The largest absolute Gasteiger partial charge is 0.390 e. The summed E-state index contributed by atoms with van der Waals surface area (Å²) in [5.41, 5.74) is 1.31. The summed E-state index contributed by atoms with van der Waals surface area (Å²) >= 11 is 1.75. The van der Waals surface area contributed by atoms with Crippen LogP contribution in [-0.2, 0) is 6.42 Å². The molecule has 0 bridgehead atoms. The molecule has 0 amide bonds. The summed E-state index contributed by atoms with van der Waals surface area (Å²) < 4.78 is 35.8. The van der Waals surface area contributed by atoms with Gasteiger partial charge in [-0.2, -0.15) is 13.2 Å². The zero-order valence-corrected chi connectivity index (χ0v) is 10.1. The summed E-state index contributed by atoms with van der Waals surface area (Å²) in [5, 5.41) is 3.24. The van der Waals surface area contributed by atoms with Crippen LogP contribution in [0, 0.1) is 0 Å². The van der Waals surface area contributed by atoms with Crippen molar-refractivity contribution in [3.05, 3.63) is 29.8 Å². The molecule has 0 aromatic heterocycles. The summed E-state index contributed by atoms with van der Waals surface area (Å²) in [5.74, 6) is 0. The second-order valence-electron chi connectivity index (χ2n) is 4.12. The van der Waals surface area contributed by atoms with Crippen molar-refractivity contribution in [2.75, 3.05) is 13.1 Å². The van der Waals surface area contributed by atoms with E-state index in [1.807, 2.05) is 12.1 Å². The molecule has 0 fully saturated rings. The molecule has 1 heterocycles. The van der Waals surface area contributed by atoms with Gasteiger partial charge in [-0.05, 0) is 18.1 Å². The van der Waals surface area contributed by atoms with Gasteiger partial charge in [-0.25, -0.2) is 0 Å². The molecular weight excluding hydrogens is 247 g/mol. The topological polar surface area (TPSA) is 12.0 Å². The first-order valence-corrected chi connectivity index (χ1v) is 6.44. The van der Waals surface area contributed by atoms with E-state index in [9.17, 15) is 13.2 Å². The van der Waals surface area contributed by atoms with Crippen molar-refractivity contribution in [1.29, 1.82) is 0 Å². The van der Waals surface area contributed by atoms with Crippen molar-refractivity contribution < 1.29 is 13.2 Å². The van der Waals surface area contributed by atoms with Crippen LogP contribution >= 0.6 is 11.8 Å². The number of alkyl halides is 3. The van der Waals surface area contributed by atoms with Gasteiger partial charge in [0.25, 0.3) is 0 Å². The van der Waals surface area contributed by atoms with E-state index in [0.29, 0.717) is 11.8 Å². The Balaban J connectivity index is 1.70. The molecule has 0 saturated carbocycles. The van der Waals surface area contributed by atoms with Crippen LogP contribution in [0.2, 0.25) is 0 Å². The lowest BCUT2D eigenvalue weighted by atomic mass is 10.1. The van der Waals surface area contributed by atoms with Gasteiger partial charge in [0.1, 0.15) is 0 Å². The average molecular weight is 261 g/mol. The number of fused-ring (bicyclic) bond motifs is 1. The highest BCUT2D eigenvalue weighted by Gasteiger charge is 2.26. The first-order chi connectivity index (χ1) is 8.04. The van der Waals surface area contributed by atoms with E-state index in [1.165, 1.54) is 10.5 Å². The van der Waals surface area contributed by atoms with Crippen molar-refractivity contribution >= 4 is 11.8 Å². The SMILES string of the molecule is FC(F)(F)CCNCC1Cc2ccccc2S1. The predicted molar refractivity (Wildman–Crippen MR) is 63.3 cm³/mol. The van der Waals surface area contributed by atoms with Crippen LogP contribution in [0.3, 0.4) is 0 Å². The zero-order chi connectivity index (χ0) is 12.3. The Hall–Kier alpha value is -0.680. The van der Waals surface area contributed by atoms with Crippen LogP contribution in [-0.4, -0.2) is 24.5 Å².